The molecule has 3 atom stereocenters. The van der Waals surface area contributed by atoms with Crippen LogP contribution in [0.25, 0.3) is 11.0 Å². The van der Waals surface area contributed by atoms with E-state index in [1.54, 1.807) is 12.3 Å². The van der Waals surface area contributed by atoms with E-state index in [0.29, 0.717) is 28.2 Å². The van der Waals surface area contributed by atoms with Crippen molar-refractivity contribution >= 4 is 28.5 Å². The molecule has 3 aromatic heterocycles. The number of pyridine rings is 2. The van der Waals surface area contributed by atoms with E-state index in [1.165, 1.54) is 5.56 Å². The summed E-state index contributed by atoms with van der Waals surface area (Å²) in [6.07, 6.45) is 5.37. The maximum absolute atomic E-state index is 9.59. The second kappa shape index (κ2) is 11.0. The van der Waals surface area contributed by atoms with Crippen molar-refractivity contribution < 1.29 is 24.2 Å². The Hall–Kier alpha value is -3.81. The summed E-state index contributed by atoms with van der Waals surface area (Å²) in [6, 6.07) is 11.7. The highest BCUT2D eigenvalue weighted by Crippen LogP contribution is 2.49. The number of hydrogen-bond donors (Lipinski definition) is 2. The van der Waals surface area contributed by atoms with Gasteiger partial charge in [0.05, 0.1) is 41.4 Å². The third-order valence-electron chi connectivity index (χ3n) is 8.83. The molecule has 7 heterocycles. The summed E-state index contributed by atoms with van der Waals surface area (Å²) < 4.78 is 20.8. The molecule has 0 amide bonds. The summed E-state index contributed by atoms with van der Waals surface area (Å²) in [5.74, 6) is 2.24. The molecule has 8 rings (SSSR count). The summed E-state index contributed by atoms with van der Waals surface area (Å²) in [5, 5.41) is 10.2. The van der Waals surface area contributed by atoms with Crippen molar-refractivity contribution in [2.24, 2.45) is 4.99 Å². The molecule has 0 spiro atoms. The lowest BCUT2D eigenvalue weighted by atomic mass is 9.88. The van der Waals surface area contributed by atoms with Crippen molar-refractivity contribution in [3.8, 4) is 11.5 Å². The normalized spacial score (nSPS) is 25.2. The van der Waals surface area contributed by atoms with Crippen LogP contribution in [0.1, 0.15) is 54.9 Å². The Morgan fingerprint density at radius 2 is 1.95 bits per heavy atom. The van der Waals surface area contributed by atoms with Crippen LogP contribution in [0.4, 0.5) is 0 Å². The van der Waals surface area contributed by atoms with Crippen molar-refractivity contribution in [3.05, 3.63) is 76.6 Å². The third kappa shape index (κ3) is 5.06. The number of fused-ring (bicyclic) bond motifs is 2. The first-order valence-corrected chi connectivity index (χ1v) is 15.3. The molecule has 4 aliphatic heterocycles. The molecule has 0 bridgehead atoms. The Labute approximate surface area is 258 Å². The first kappa shape index (κ1) is 27.7. The number of halogens is 1. The number of para-hydroxylation sites is 1. The number of aliphatic imine (C=N–C) groups is 1. The van der Waals surface area contributed by atoms with E-state index in [0.717, 1.165) is 80.4 Å². The zero-order valence-electron chi connectivity index (χ0n) is 24.1. The van der Waals surface area contributed by atoms with Gasteiger partial charge in [0.1, 0.15) is 17.2 Å². The Kier molecular flexibility index (Phi) is 6.91. The SMILES string of the molecule is CC1(c2ccc(Cl)cn2)Oc2cccc(C3CCN(Cc4nc5cc(C6=NC(O)ON6)ncc5n4C[C@@H]4CCO4)CC3)c2O1. The van der Waals surface area contributed by atoms with Crippen molar-refractivity contribution in [1.82, 2.24) is 29.9 Å². The zero-order chi connectivity index (χ0) is 29.8. The highest BCUT2D eigenvalue weighted by atomic mass is 35.5. The highest BCUT2D eigenvalue weighted by Gasteiger charge is 2.42. The van der Waals surface area contributed by atoms with Crippen LogP contribution in [0.5, 0.6) is 11.5 Å². The molecule has 2 saturated heterocycles. The van der Waals surface area contributed by atoms with Crippen LogP contribution >= 0.6 is 11.6 Å². The van der Waals surface area contributed by atoms with Crippen LogP contribution in [0, 0.1) is 0 Å². The minimum atomic E-state index is -1.24. The number of hydroxylamine groups is 1. The predicted octanol–water partition coefficient (Wildman–Crippen LogP) is 3.85. The van der Waals surface area contributed by atoms with Gasteiger partial charge in [-0.25, -0.2) is 20.3 Å². The topological polar surface area (TPSA) is 128 Å². The molecule has 12 nitrogen and oxygen atoms in total. The summed E-state index contributed by atoms with van der Waals surface area (Å²) in [7, 11) is 0. The fourth-order valence-electron chi connectivity index (χ4n) is 6.37. The largest absolute Gasteiger partial charge is 0.443 e. The monoisotopic (exact) mass is 617 g/mol. The number of benzene rings is 1. The molecule has 4 aliphatic rings. The van der Waals surface area contributed by atoms with E-state index in [1.807, 2.05) is 37.4 Å². The molecule has 44 heavy (non-hydrogen) atoms. The molecular weight excluding hydrogens is 586 g/mol. The fraction of sp³-hybridized carbons (Fsp3) is 0.419. The highest BCUT2D eigenvalue weighted by molar-refractivity contribution is 6.30. The van der Waals surface area contributed by atoms with Gasteiger partial charge in [-0.15, -0.1) is 0 Å². The van der Waals surface area contributed by atoms with Gasteiger partial charge in [-0.1, -0.05) is 23.7 Å². The van der Waals surface area contributed by atoms with Crippen LogP contribution in [0.2, 0.25) is 5.02 Å². The molecule has 2 N–H and O–H groups in total. The van der Waals surface area contributed by atoms with Crippen molar-refractivity contribution in [2.45, 2.75) is 63.5 Å². The van der Waals surface area contributed by atoms with Gasteiger partial charge in [-0.05, 0) is 62.5 Å². The van der Waals surface area contributed by atoms with Gasteiger partial charge < -0.3 is 23.9 Å². The lowest BCUT2D eigenvalue weighted by Gasteiger charge is -2.33. The van der Waals surface area contributed by atoms with E-state index in [9.17, 15) is 5.11 Å². The first-order chi connectivity index (χ1) is 21.4. The molecule has 0 saturated carbocycles. The number of likely N-dealkylation sites (tertiary alicyclic amines) is 1. The number of piperidine rings is 1. The van der Waals surface area contributed by atoms with E-state index < -0.39 is 12.2 Å². The number of imidazole rings is 1. The van der Waals surface area contributed by atoms with Crippen LogP contribution in [0.3, 0.4) is 0 Å². The van der Waals surface area contributed by atoms with Gasteiger partial charge in [-0.3, -0.25) is 14.9 Å². The smallest absolute Gasteiger partial charge is 0.292 e. The molecule has 13 heteroatoms. The molecule has 2 unspecified atom stereocenters. The van der Waals surface area contributed by atoms with Gasteiger partial charge in [0, 0.05) is 25.3 Å². The summed E-state index contributed by atoms with van der Waals surface area (Å²) in [4.78, 5) is 25.5. The number of nitrogens with one attached hydrogen (secondary N) is 1. The van der Waals surface area contributed by atoms with E-state index >= 15 is 0 Å². The number of aromatic nitrogens is 4. The lowest BCUT2D eigenvalue weighted by molar-refractivity contribution is -0.102. The Morgan fingerprint density at radius 1 is 1.09 bits per heavy atom. The van der Waals surface area contributed by atoms with E-state index in [-0.39, 0.29) is 6.10 Å². The lowest BCUT2D eigenvalue weighted by Crippen LogP contribution is -2.35. The standard InChI is InChI=1S/C31H32ClN7O5/c1-31(26-6-5-19(32)14-34-26)42-25-4-2-3-21(28(25)43-31)18-7-10-38(11-8-18)17-27-35-22-13-23(29-36-30(40)44-37-29)33-15-24(22)39(27)16-20-9-12-41-20/h2-6,13-15,18,20,30,40H,7-12,16-17H2,1H3,(H,36,37)/t20-,30?,31?/m0/s1. The summed E-state index contributed by atoms with van der Waals surface area (Å²) in [6.45, 7) is 5.99. The quantitative estimate of drug-likeness (QED) is 0.316. The second-order valence-corrected chi connectivity index (χ2v) is 12.2. The van der Waals surface area contributed by atoms with Crippen molar-refractivity contribution in [1.29, 1.82) is 0 Å². The maximum Gasteiger partial charge on any atom is 0.292 e. The number of amidine groups is 1. The molecule has 228 valence electrons. The predicted molar refractivity (Wildman–Crippen MR) is 160 cm³/mol. The van der Waals surface area contributed by atoms with Gasteiger partial charge in [-0.2, -0.15) is 0 Å². The molecule has 1 aromatic carbocycles. The molecule has 0 radical (unpaired) electrons. The molecule has 0 aliphatic carbocycles. The van der Waals surface area contributed by atoms with Crippen LogP contribution in [0.15, 0.2) is 53.8 Å². The summed E-state index contributed by atoms with van der Waals surface area (Å²) in [5.41, 5.74) is 6.80. The number of hydrogen-bond acceptors (Lipinski definition) is 11. The average molecular weight is 618 g/mol. The van der Waals surface area contributed by atoms with Crippen molar-refractivity contribution in [2.75, 3.05) is 19.7 Å². The minimum Gasteiger partial charge on any atom is -0.443 e. The van der Waals surface area contributed by atoms with E-state index in [4.69, 9.17) is 35.6 Å². The Bertz CT molecular complexity index is 1740. The number of aliphatic hydroxyl groups excluding tert-OH is 1. The minimum absolute atomic E-state index is 0.178. The molecule has 2 fully saturated rings. The third-order valence-corrected chi connectivity index (χ3v) is 9.06. The maximum atomic E-state index is 9.59. The van der Waals surface area contributed by atoms with Crippen LogP contribution < -0.4 is 15.0 Å². The number of rotatable bonds is 7. The Balaban J connectivity index is 0.991. The van der Waals surface area contributed by atoms with Crippen molar-refractivity contribution in [3.63, 3.8) is 0 Å². The molecule has 4 aromatic rings. The van der Waals surface area contributed by atoms with Gasteiger partial charge >= 0.3 is 0 Å². The van der Waals surface area contributed by atoms with Crippen LogP contribution in [-0.4, -0.2) is 67.6 Å². The van der Waals surface area contributed by atoms with Gasteiger partial charge in [0.2, 0.25) is 0 Å². The summed E-state index contributed by atoms with van der Waals surface area (Å²) >= 11 is 6.06. The molecular formula is C31H32ClN7O5. The van der Waals surface area contributed by atoms with E-state index in [2.05, 4.69) is 36.0 Å². The van der Waals surface area contributed by atoms with Gasteiger partial charge in [0.15, 0.2) is 17.3 Å². The second-order valence-electron chi connectivity index (χ2n) is 11.7. The fourth-order valence-corrected chi connectivity index (χ4v) is 6.48. The van der Waals surface area contributed by atoms with Crippen LogP contribution in [-0.2, 0) is 28.5 Å². The first-order valence-electron chi connectivity index (χ1n) is 14.9. The Morgan fingerprint density at radius 3 is 2.68 bits per heavy atom. The average Bonchev–Trinajstić information content (AvgIpc) is 3.69. The zero-order valence-corrected chi connectivity index (χ0v) is 24.9. The number of aliphatic hydroxyl groups is 1. The van der Waals surface area contributed by atoms with Gasteiger partial charge in [0.25, 0.3) is 12.2 Å². The number of nitrogens with zero attached hydrogens (tertiary/aromatic N) is 6. The number of ether oxygens (including phenoxy) is 3.